The molecular formula is C17H22FN5O. The van der Waals surface area contributed by atoms with Crippen molar-refractivity contribution >= 4 is 11.6 Å². The zero-order valence-electron chi connectivity index (χ0n) is 14.0. The fourth-order valence-corrected chi connectivity index (χ4v) is 2.83. The highest BCUT2D eigenvalue weighted by atomic mass is 19.1. The number of aliphatic imine (C=N–C) groups is 1. The maximum Gasteiger partial charge on any atom is 0.191 e. The SMILES string of the molecule is Cc1noc(C)c1CN=C(N)N1CCN(c2ccc(F)cc2)CC1. The zero-order valence-corrected chi connectivity index (χ0v) is 14.0. The summed E-state index contributed by atoms with van der Waals surface area (Å²) in [6.07, 6.45) is 0. The Hall–Kier alpha value is -2.57. The van der Waals surface area contributed by atoms with Crippen molar-refractivity contribution in [1.29, 1.82) is 0 Å². The summed E-state index contributed by atoms with van der Waals surface area (Å²) in [5, 5.41) is 3.92. The summed E-state index contributed by atoms with van der Waals surface area (Å²) in [5.41, 5.74) is 9.00. The fraction of sp³-hybridized carbons (Fsp3) is 0.412. The largest absolute Gasteiger partial charge is 0.370 e. The van der Waals surface area contributed by atoms with E-state index >= 15 is 0 Å². The molecule has 0 atom stereocenters. The van der Waals surface area contributed by atoms with E-state index in [-0.39, 0.29) is 5.82 Å². The first-order valence-corrected chi connectivity index (χ1v) is 8.01. The van der Waals surface area contributed by atoms with Gasteiger partial charge in [0.05, 0.1) is 12.2 Å². The molecule has 3 rings (SSSR count). The quantitative estimate of drug-likeness (QED) is 0.689. The van der Waals surface area contributed by atoms with Crippen LogP contribution in [-0.4, -0.2) is 42.2 Å². The van der Waals surface area contributed by atoms with Crippen LogP contribution in [-0.2, 0) is 6.54 Å². The molecule has 0 unspecified atom stereocenters. The molecule has 1 aliphatic rings. The molecule has 2 aromatic rings. The number of anilines is 1. The van der Waals surface area contributed by atoms with Gasteiger partial charge < -0.3 is 20.1 Å². The van der Waals surface area contributed by atoms with Gasteiger partial charge in [-0.3, -0.25) is 0 Å². The Morgan fingerprint density at radius 3 is 2.46 bits per heavy atom. The first-order valence-electron chi connectivity index (χ1n) is 8.01. The predicted octanol–water partition coefficient (Wildman–Crippen LogP) is 2.07. The highest BCUT2D eigenvalue weighted by Gasteiger charge is 2.19. The summed E-state index contributed by atoms with van der Waals surface area (Å²) in [4.78, 5) is 8.76. The van der Waals surface area contributed by atoms with Crippen LogP contribution in [0, 0.1) is 19.7 Å². The van der Waals surface area contributed by atoms with E-state index in [1.807, 2.05) is 13.8 Å². The molecule has 0 spiro atoms. The summed E-state index contributed by atoms with van der Waals surface area (Å²) in [5.74, 6) is 1.10. The molecule has 0 bridgehead atoms. The highest BCUT2D eigenvalue weighted by Crippen LogP contribution is 2.17. The van der Waals surface area contributed by atoms with Crippen LogP contribution < -0.4 is 10.6 Å². The standard InChI is InChI=1S/C17H22FN5O/c1-12-16(13(2)24-21-12)11-20-17(19)23-9-7-22(8-10-23)15-5-3-14(18)4-6-15/h3-6H,7-11H2,1-2H3,(H2,19,20). The van der Waals surface area contributed by atoms with Crippen LogP contribution in [0.25, 0.3) is 0 Å². The summed E-state index contributed by atoms with van der Waals surface area (Å²) < 4.78 is 18.1. The number of hydrogen-bond acceptors (Lipinski definition) is 4. The van der Waals surface area contributed by atoms with E-state index in [0.717, 1.165) is 48.9 Å². The minimum absolute atomic E-state index is 0.215. The summed E-state index contributed by atoms with van der Waals surface area (Å²) in [6.45, 7) is 7.48. The van der Waals surface area contributed by atoms with Crippen molar-refractivity contribution in [3.63, 3.8) is 0 Å². The lowest BCUT2D eigenvalue weighted by molar-refractivity contribution is 0.380. The van der Waals surface area contributed by atoms with Gasteiger partial charge in [0.15, 0.2) is 5.96 Å². The number of halogens is 1. The van der Waals surface area contributed by atoms with E-state index in [1.165, 1.54) is 12.1 Å². The maximum absolute atomic E-state index is 13.0. The molecule has 1 fully saturated rings. The molecule has 0 amide bonds. The van der Waals surface area contributed by atoms with Crippen LogP contribution in [0.3, 0.4) is 0 Å². The lowest BCUT2D eigenvalue weighted by atomic mass is 10.2. The summed E-state index contributed by atoms with van der Waals surface area (Å²) in [7, 11) is 0. The Kier molecular flexibility index (Phi) is 4.69. The average Bonchev–Trinajstić information content (AvgIpc) is 2.92. The second-order valence-electron chi connectivity index (χ2n) is 5.93. The summed E-state index contributed by atoms with van der Waals surface area (Å²) >= 11 is 0. The summed E-state index contributed by atoms with van der Waals surface area (Å²) in [6, 6.07) is 6.59. The predicted molar refractivity (Wildman–Crippen MR) is 91.5 cm³/mol. The van der Waals surface area contributed by atoms with Gasteiger partial charge in [-0.15, -0.1) is 0 Å². The van der Waals surface area contributed by atoms with Gasteiger partial charge in [-0.1, -0.05) is 5.16 Å². The molecular weight excluding hydrogens is 309 g/mol. The fourth-order valence-electron chi connectivity index (χ4n) is 2.83. The second kappa shape index (κ2) is 6.90. The number of guanidine groups is 1. The first kappa shape index (κ1) is 16.3. The Bertz CT molecular complexity index is 698. The topological polar surface area (TPSA) is 70.9 Å². The lowest BCUT2D eigenvalue weighted by Gasteiger charge is -2.36. The molecule has 24 heavy (non-hydrogen) atoms. The van der Waals surface area contributed by atoms with E-state index in [9.17, 15) is 4.39 Å². The van der Waals surface area contributed by atoms with Gasteiger partial charge in [0.25, 0.3) is 0 Å². The molecule has 1 aliphatic heterocycles. The van der Waals surface area contributed by atoms with Gasteiger partial charge >= 0.3 is 0 Å². The van der Waals surface area contributed by atoms with E-state index in [1.54, 1.807) is 12.1 Å². The number of hydrogen-bond donors (Lipinski definition) is 1. The van der Waals surface area contributed by atoms with Crippen LogP contribution in [0.4, 0.5) is 10.1 Å². The van der Waals surface area contributed by atoms with Crippen LogP contribution in [0.2, 0.25) is 0 Å². The number of benzene rings is 1. The van der Waals surface area contributed by atoms with E-state index in [4.69, 9.17) is 10.3 Å². The number of nitrogens with two attached hydrogens (primary N) is 1. The minimum Gasteiger partial charge on any atom is -0.370 e. The molecule has 128 valence electrons. The Morgan fingerprint density at radius 2 is 1.88 bits per heavy atom. The molecule has 7 heteroatoms. The molecule has 0 saturated carbocycles. The van der Waals surface area contributed by atoms with E-state index in [2.05, 4.69) is 19.9 Å². The lowest BCUT2D eigenvalue weighted by Crippen LogP contribution is -2.51. The van der Waals surface area contributed by atoms with Crippen molar-refractivity contribution in [3.8, 4) is 0 Å². The maximum atomic E-state index is 13.0. The molecule has 1 aromatic carbocycles. The van der Waals surface area contributed by atoms with Crippen molar-refractivity contribution < 1.29 is 8.91 Å². The number of aryl methyl sites for hydroxylation is 2. The molecule has 1 saturated heterocycles. The number of piperazine rings is 1. The molecule has 0 radical (unpaired) electrons. The van der Waals surface area contributed by atoms with Gasteiger partial charge in [-0.25, -0.2) is 9.38 Å². The third-order valence-corrected chi connectivity index (χ3v) is 4.38. The molecule has 0 aliphatic carbocycles. The normalized spacial score (nSPS) is 15.9. The number of nitrogens with zero attached hydrogens (tertiary/aromatic N) is 4. The third-order valence-electron chi connectivity index (χ3n) is 4.38. The Labute approximate surface area is 140 Å². The number of aromatic nitrogens is 1. The second-order valence-corrected chi connectivity index (χ2v) is 5.93. The van der Waals surface area contributed by atoms with Crippen LogP contribution in [0.1, 0.15) is 17.0 Å². The van der Waals surface area contributed by atoms with Crippen molar-refractivity contribution in [1.82, 2.24) is 10.1 Å². The van der Waals surface area contributed by atoms with Gasteiger partial charge in [-0.2, -0.15) is 0 Å². The van der Waals surface area contributed by atoms with E-state index in [0.29, 0.717) is 12.5 Å². The smallest absolute Gasteiger partial charge is 0.191 e. The van der Waals surface area contributed by atoms with Crippen LogP contribution in [0.5, 0.6) is 0 Å². The molecule has 2 heterocycles. The zero-order chi connectivity index (χ0) is 17.1. The van der Waals surface area contributed by atoms with Gasteiger partial charge in [-0.05, 0) is 38.1 Å². The van der Waals surface area contributed by atoms with E-state index < -0.39 is 0 Å². The van der Waals surface area contributed by atoms with Gasteiger partial charge in [0.1, 0.15) is 11.6 Å². The van der Waals surface area contributed by atoms with Crippen molar-refractivity contribution in [3.05, 3.63) is 47.1 Å². The van der Waals surface area contributed by atoms with Crippen LogP contribution >= 0.6 is 0 Å². The average molecular weight is 331 g/mol. The molecule has 6 nitrogen and oxygen atoms in total. The highest BCUT2D eigenvalue weighted by molar-refractivity contribution is 5.78. The van der Waals surface area contributed by atoms with Crippen molar-refractivity contribution in [2.75, 3.05) is 31.1 Å². The van der Waals surface area contributed by atoms with Gasteiger partial charge in [0, 0.05) is 37.4 Å². The first-order chi connectivity index (χ1) is 11.5. The Balaban J connectivity index is 1.57. The van der Waals surface area contributed by atoms with Gasteiger partial charge in [0.2, 0.25) is 0 Å². The van der Waals surface area contributed by atoms with Crippen molar-refractivity contribution in [2.45, 2.75) is 20.4 Å². The van der Waals surface area contributed by atoms with Crippen molar-refractivity contribution in [2.24, 2.45) is 10.7 Å². The third kappa shape index (κ3) is 3.50. The molecule has 1 aromatic heterocycles. The minimum atomic E-state index is -0.215. The monoisotopic (exact) mass is 331 g/mol. The number of rotatable bonds is 3. The van der Waals surface area contributed by atoms with Crippen LogP contribution in [0.15, 0.2) is 33.8 Å². The Morgan fingerprint density at radius 1 is 1.21 bits per heavy atom. The molecule has 2 N–H and O–H groups in total.